The van der Waals surface area contributed by atoms with Crippen LogP contribution in [0, 0.1) is 17.0 Å². The van der Waals surface area contributed by atoms with Crippen molar-refractivity contribution in [3.05, 3.63) is 39.4 Å². The highest BCUT2D eigenvalue weighted by Crippen LogP contribution is 2.23. The molecular weight excluding hydrogens is 348 g/mol. The monoisotopic (exact) mass is 370 g/mol. The second-order valence-electron chi connectivity index (χ2n) is 5.81. The highest BCUT2D eigenvalue weighted by Gasteiger charge is 2.34. The van der Waals surface area contributed by atoms with Crippen LogP contribution in [-0.4, -0.2) is 54.4 Å². The number of nitro benzene ring substituents is 1. The topological polar surface area (TPSA) is 105 Å². The fourth-order valence-electron chi connectivity index (χ4n) is 2.87. The van der Waals surface area contributed by atoms with E-state index in [0.29, 0.717) is 37.2 Å². The van der Waals surface area contributed by atoms with Crippen molar-refractivity contribution in [2.24, 2.45) is 0 Å². The van der Waals surface area contributed by atoms with Gasteiger partial charge in [-0.2, -0.15) is 0 Å². The van der Waals surface area contributed by atoms with Gasteiger partial charge >= 0.3 is 0 Å². The van der Waals surface area contributed by atoms with Crippen LogP contribution in [0.25, 0.3) is 0 Å². The molecule has 1 aliphatic rings. The maximum atomic E-state index is 12.7. The first-order valence-corrected chi connectivity index (χ1v) is 7.94. The van der Waals surface area contributed by atoms with Crippen molar-refractivity contribution in [3.63, 3.8) is 0 Å². The Morgan fingerprint density at radius 1 is 1.36 bits per heavy atom. The Labute approximate surface area is 152 Å². The molecular formula is C16H23ClN4O4. The maximum absolute atomic E-state index is 12.7. The van der Waals surface area contributed by atoms with Crippen molar-refractivity contribution < 1.29 is 14.5 Å². The molecule has 25 heavy (non-hydrogen) atoms. The Morgan fingerprint density at radius 2 is 2.08 bits per heavy atom. The van der Waals surface area contributed by atoms with Crippen LogP contribution >= 0.6 is 12.4 Å². The summed E-state index contributed by atoms with van der Waals surface area (Å²) in [6, 6.07) is 3.81. The highest BCUT2D eigenvalue weighted by atomic mass is 35.5. The van der Waals surface area contributed by atoms with Gasteiger partial charge in [0, 0.05) is 36.8 Å². The predicted molar refractivity (Wildman–Crippen MR) is 96.1 cm³/mol. The Morgan fingerprint density at radius 3 is 2.68 bits per heavy atom. The average Bonchev–Trinajstić information content (AvgIpc) is 3.03. The lowest BCUT2D eigenvalue weighted by atomic mass is 10.1. The molecule has 1 atom stereocenters. The van der Waals surface area contributed by atoms with E-state index in [1.54, 1.807) is 18.9 Å². The van der Waals surface area contributed by atoms with E-state index in [1.165, 1.54) is 18.2 Å². The summed E-state index contributed by atoms with van der Waals surface area (Å²) in [5.74, 6) is -0.422. The Balaban J connectivity index is 0.00000312. The number of aryl methyl sites for hydroxylation is 1. The van der Waals surface area contributed by atoms with E-state index in [1.807, 2.05) is 0 Å². The van der Waals surface area contributed by atoms with Crippen LogP contribution in [0.15, 0.2) is 18.2 Å². The zero-order valence-corrected chi connectivity index (χ0v) is 15.1. The zero-order valence-electron chi connectivity index (χ0n) is 14.3. The molecule has 0 bridgehead atoms. The summed E-state index contributed by atoms with van der Waals surface area (Å²) in [4.78, 5) is 36.9. The second-order valence-corrected chi connectivity index (χ2v) is 5.81. The Hall–Kier alpha value is -2.19. The average molecular weight is 371 g/mol. The molecule has 2 rings (SSSR count). The van der Waals surface area contributed by atoms with Gasteiger partial charge in [-0.3, -0.25) is 19.7 Å². The molecule has 1 fully saturated rings. The third-order valence-corrected chi connectivity index (χ3v) is 4.13. The normalized spacial score (nSPS) is 16.2. The van der Waals surface area contributed by atoms with Crippen LogP contribution in [0.1, 0.15) is 28.8 Å². The van der Waals surface area contributed by atoms with E-state index < -0.39 is 11.0 Å². The molecule has 2 N–H and O–H groups in total. The van der Waals surface area contributed by atoms with Gasteiger partial charge in [0.1, 0.15) is 6.04 Å². The predicted octanol–water partition coefficient (Wildman–Crippen LogP) is 1.27. The van der Waals surface area contributed by atoms with Gasteiger partial charge in [0.2, 0.25) is 5.91 Å². The van der Waals surface area contributed by atoms with Crippen molar-refractivity contribution in [3.8, 4) is 0 Å². The second kappa shape index (κ2) is 9.33. The molecule has 0 radical (unpaired) electrons. The van der Waals surface area contributed by atoms with E-state index in [9.17, 15) is 19.7 Å². The number of carbonyl (C=O) groups is 2. The summed E-state index contributed by atoms with van der Waals surface area (Å²) in [6.45, 7) is 3.28. The number of nitrogens with zero attached hydrogens (tertiary/aromatic N) is 2. The minimum Gasteiger partial charge on any atom is -0.353 e. The molecule has 1 aromatic carbocycles. The number of halogens is 1. The first kappa shape index (κ1) is 20.9. The zero-order chi connectivity index (χ0) is 17.7. The number of hydrogen-bond acceptors (Lipinski definition) is 5. The molecule has 0 spiro atoms. The molecule has 0 saturated carbocycles. The molecule has 8 nitrogen and oxygen atoms in total. The van der Waals surface area contributed by atoms with Crippen molar-refractivity contribution in [2.75, 3.05) is 26.7 Å². The molecule has 0 aromatic heterocycles. The molecule has 1 aromatic rings. The van der Waals surface area contributed by atoms with Crippen LogP contribution in [0.4, 0.5) is 5.69 Å². The van der Waals surface area contributed by atoms with Crippen LogP contribution in [0.3, 0.4) is 0 Å². The maximum Gasteiger partial charge on any atom is 0.272 e. The molecule has 2 amide bonds. The van der Waals surface area contributed by atoms with E-state index >= 15 is 0 Å². The SMILES string of the molecule is CNCCNC(=O)C1CCCN1C(=O)c1ccc([N+](=O)[O-])c(C)c1.Cl. The molecule has 0 aliphatic carbocycles. The number of rotatable bonds is 6. The summed E-state index contributed by atoms with van der Waals surface area (Å²) >= 11 is 0. The molecule has 138 valence electrons. The first-order chi connectivity index (χ1) is 11.5. The van der Waals surface area contributed by atoms with Crippen molar-refractivity contribution in [1.29, 1.82) is 0 Å². The summed E-state index contributed by atoms with van der Waals surface area (Å²) in [5.41, 5.74) is 0.780. The first-order valence-electron chi connectivity index (χ1n) is 7.94. The number of carbonyl (C=O) groups excluding carboxylic acids is 2. The summed E-state index contributed by atoms with van der Waals surface area (Å²) < 4.78 is 0. The van der Waals surface area contributed by atoms with Crippen LogP contribution in [0.5, 0.6) is 0 Å². The minimum absolute atomic E-state index is 0. The quantitative estimate of drug-likeness (QED) is 0.445. The van der Waals surface area contributed by atoms with Gasteiger partial charge in [-0.25, -0.2) is 0 Å². The number of likely N-dealkylation sites (N-methyl/N-ethyl adjacent to an activating group) is 1. The smallest absolute Gasteiger partial charge is 0.272 e. The van der Waals surface area contributed by atoms with Gasteiger partial charge in [-0.1, -0.05) is 0 Å². The Kier molecular flexibility index (Phi) is 7.79. The lowest BCUT2D eigenvalue weighted by Crippen LogP contribution is -2.47. The largest absolute Gasteiger partial charge is 0.353 e. The van der Waals surface area contributed by atoms with Crippen LogP contribution in [0.2, 0.25) is 0 Å². The molecule has 1 aliphatic heterocycles. The number of benzene rings is 1. The van der Waals surface area contributed by atoms with Crippen LogP contribution in [-0.2, 0) is 4.79 Å². The fraction of sp³-hybridized carbons (Fsp3) is 0.500. The highest BCUT2D eigenvalue weighted by molar-refractivity contribution is 5.98. The molecule has 1 saturated heterocycles. The number of amides is 2. The van der Waals surface area contributed by atoms with E-state index in [2.05, 4.69) is 10.6 Å². The van der Waals surface area contributed by atoms with Gasteiger partial charge in [0.25, 0.3) is 11.6 Å². The standard InChI is InChI=1S/C16H22N4O4.ClH/c1-11-10-12(5-6-13(11)20(23)24)16(22)19-9-3-4-14(19)15(21)18-8-7-17-2;/h5-6,10,14,17H,3-4,7-9H2,1-2H3,(H,18,21);1H. The minimum atomic E-state index is -0.482. The van der Waals surface area contributed by atoms with Gasteiger partial charge < -0.3 is 15.5 Å². The van der Waals surface area contributed by atoms with Gasteiger partial charge in [0.05, 0.1) is 4.92 Å². The molecule has 9 heteroatoms. The third kappa shape index (κ3) is 4.90. The number of hydrogen-bond donors (Lipinski definition) is 2. The van der Waals surface area contributed by atoms with Gasteiger partial charge in [-0.15, -0.1) is 12.4 Å². The lowest BCUT2D eigenvalue weighted by Gasteiger charge is -2.24. The number of nitrogens with one attached hydrogen (secondary N) is 2. The van der Waals surface area contributed by atoms with Crippen molar-refractivity contribution in [1.82, 2.24) is 15.5 Å². The van der Waals surface area contributed by atoms with Gasteiger partial charge in [0.15, 0.2) is 0 Å². The third-order valence-electron chi connectivity index (χ3n) is 4.13. The van der Waals surface area contributed by atoms with Gasteiger partial charge in [-0.05, 0) is 38.9 Å². The van der Waals surface area contributed by atoms with Crippen LogP contribution < -0.4 is 10.6 Å². The number of likely N-dealkylation sites (tertiary alicyclic amines) is 1. The summed E-state index contributed by atoms with van der Waals surface area (Å²) in [6.07, 6.45) is 1.39. The summed E-state index contributed by atoms with van der Waals surface area (Å²) in [5, 5.41) is 16.6. The van der Waals surface area contributed by atoms with Crippen molar-refractivity contribution in [2.45, 2.75) is 25.8 Å². The van der Waals surface area contributed by atoms with E-state index in [0.717, 1.165) is 6.42 Å². The summed E-state index contributed by atoms with van der Waals surface area (Å²) in [7, 11) is 1.80. The van der Waals surface area contributed by atoms with Crippen molar-refractivity contribution >= 4 is 29.9 Å². The fourth-order valence-corrected chi connectivity index (χ4v) is 2.87. The van der Waals surface area contributed by atoms with E-state index in [-0.39, 0.29) is 29.9 Å². The number of nitro groups is 1. The Bertz CT molecular complexity index is 653. The van der Waals surface area contributed by atoms with E-state index in [4.69, 9.17) is 0 Å². The molecule has 1 unspecified atom stereocenters. The molecule has 1 heterocycles. The lowest BCUT2D eigenvalue weighted by molar-refractivity contribution is -0.385.